The highest BCUT2D eigenvalue weighted by molar-refractivity contribution is 5.91. The molecule has 0 fully saturated rings. The maximum atomic E-state index is 11.6. The minimum absolute atomic E-state index is 0.00636. The molecule has 0 unspecified atom stereocenters. The molecule has 2 amide bonds. The molecule has 0 heterocycles. The van der Waals surface area contributed by atoms with E-state index in [4.69, 9.17) is 4.74 Å². The topological polar surface area (TPSA) is 67.4 Å². The van der Waals surface area contributed by atoms with Gasteiger partial charge in [0.15, 0.2) is 0 Å². The van der Waals surface area contributed by atoms with Crippen LogP contribution in [0.4, 0.5) is 5.69 Å². The van der Waals surface area contributed by atoms with Crippen LogP contribution < -0.4 is 10.6 Å². The molecule has 0 radical (unpaired) electrons. The molecule has 0 aliphatic heterocycles. The number of nitrogens with one attached hydrogen (secondary N) is 2. The molecule has 0 atom stereocenters. The van der Waals surface area contributed by atoms with E-state index in [9.17, 15) is 9.59 Å². The van der Waals surface area contributed by atoms with Crippen molar-refractivity contribution in [2.75, 3.05) is 18.5 Å². The maximum Gasteiger partial charge on any atom is 0.250 e. The van der Waals surface area contributed by atoms with Crippen LogP contribution in [0.15, 0.2) is 24.3 Å². The Balaban J connectivity index is 2.47. The van der Waals surface area contributed by atoms with E-state index in [-0.39, 0.29) is 24.5 Å². The van der Waals surface area contributed by atoms with Crippen molar-refractivity contribution in [3.63, 3.8) is 0 Å². The molecule has 5 heteroatoms. The van der Waals surface area contributed by atoms with Gasteiger partial charge in [-0.2, -0.15) is 0 Å². The van der Waals surface area contributed by atoms with Crippen LogP contribution in [0.3, 0.4) is 0 Å². The molecule has 0 aliphatic rings. The van der Waals surface area contributed by atoms with Crippen molar-refractivity contribution in [1.29, 1.82) is 0 Å². The van der Waals surface area contributed by atoms with E-state index in [0.29, 0.717) is 18.7 Å². The minimum Gasteiger partial charge on any atom is -0.372 e. The molecule has 0 saturated heterocycles. The lowest BCUT2D eigenvalue weighted by molar-refractivity contribution is -0.121. The summed E-state index contributed by atoms with van der Waals surface area (Å²) in [6, 6.07) is 7.36. The van der Waals surface area contributed by atoms with Gasteiger partial charge in [-0.15, -0.1) is 0 Å². The minimum atomic E-state index is -0.183. The van der Waals surface area contributed by atoms with Gasteiger partial charge in [0, 0.05) is 18.3 Å². The molecular weight excluding hydrogens is 256 g/mol. The fraction of sp³-hybridized carbons (Fsp3) is 0.467. The Hall–Kier alpha value is -1.88. The largest absolute Gasteiger partial charge is 0.372 e. The third-order valence-corrected chi connectivity index (χ3v) is 2.49. The lowest BCUT2D eigenvalue weighted by atomic mass is 10.1. The van der Waals surface area contributed by atoms with E-state index >= 15 is 0 Å². The molecule has 1 aromatic rings. The molecule has 0 aliphatic carbocycles. The summed E-state index contributed by atoms with van der Waals surface area (Å²) in [7, 11) is 0. The molecule has 1 aromatic carbocycles. The van der Waals surface area contributed by atoms with E-state index in [1.807, 2.05) is 32.9 Å². The monoisotopic (exact) mass is 278 g/mol. The van der Waals surface area contributed by atoms with Gasteiger partial charge < -0.3 is 15.4 Å². The molecule has 0 spiro atoms. The molecule has 5 nitrogen and oxygen atoms in total. The fourth-order valence-corrected chi connectivity index (χ4v) is 1.66. The summed E-state index contributed by atoms with van der Waals surface area (Å²) in [4.78, 5) is 23.1. The first-order valence-corrected chi connectivity index (χ1v) is 6.77. The van der Waals surface area contributed by atoms with E-state index in [1.54, 1.807) is 12.1 Å². The first kappa shape index (κ1) is 16.2. The highest BCUT2D eigenvalue weighted by Crippen LogP contribution is 2.10. The normalized spacial score (nSPS) is 10.4. The van der Waals surface area contributed by atoms with E-state index < -0.39 is 0 Å². The lowest BCUT2D eigenvalue weighted by Gasteiger charge is -2.09. The van der Waals surface area contributed by atoms with Crippen molar-refractivity contribution in [2.45, 2.75) is 33.2 Å². The van der Waals surface area contributed by atoms with Gasteiger partial charge in [0.05, 0.1) is 6.42 Å². The number of rotatable bonds is 7. The average molecular weight is 278 g/mol. The second kappa shape index (κ2) is 8.32. The Kier molecular flexibility index (Phi) is 6.73. The predicted octanol–water partition coefficient (Wildman–Crippen LogP) is 1.73. The van der Waals surface area contributed by atoms with Gasteiger partial charge in [-0.05, 0) is 38.5 Å². The third kappa shape index (κ3) is 6.33. The summed E-state index contributed by atoms with van der Waals surface area (Å²) < 4.78 is 5.02. The summed E-state index contributed by atoms with van der Waals surface area (Å²) in [6.07, 6.45) is 0.339. The molecule has 1 rings (SSSR count). The molecule has 0 aromatic heterocycles. The number of amides is 2. The van der Waals surface area contributed by atoms with Crippen molar-refractivity contribution in [3.05, 3.63) is 29.8 Å². The predicted molar refractivity (Wildman–Crippen MR) is 78.5 cm³/mol. The van der Waals surface area contributed by atoms with Crippen molar-refractivity contribution in [3.8, 4) is 0 Å². The Bertz CT molecular complexity index is 441. The van der Waals surface area contributed by atoms with Crippen molar-refractivity contribution in [2.24, 2.45) is 0 Å². The smallest absolute Gasteiger partial charge is 0.250 e. The van der Waals surface area contributed by atoms with Crippen LogP contribution in [0.2, 0.25) is 0 Å². The van der Waals surface area contributed by atoms with Crippen molar-refractivity contribution >= 4 is 17.5 Å². The fourth-order valence-electron chi connectivity index (χ4n) is 1.66. The SMILES string of the molecule is CCOCC(=O)Nc1ccc(CC(=O)NC(C)C)cc1. The standard InChI is InChI=1S/C15H22N2O3/c1-4-20-10-15(19)17-13-7-5-12(6-8-13)9-14(18)16-11(2)3/h5-8,11H,4,9-10H2,1-3H3,(H,16,18)(H,17,19). The highest BCUT2D eigenvalue weighted by atomic mass is 16.5. The Labute approximate surface area is 119 Å². The van der Waals surface area contributed by atoms with Gasteiger partial charge in [0.25, 0.3) is 0 Å². The number of carbonyl (C=O) groups is 2. The Morgan fingerprint density at radius 2 is 1.80 bits per heavy atom. The number of hydrogen-bond donors (Lipinski definition) is 2. The summed E-state index contributed by atoms with van der Waals surface area (Å²) in [5, 5.41) is 5.56. The van der Waals surface area contributed by atoms with E-state index in [0.717, 1.165) is 5.56 Å². The van der Waals surface area contributed by atoms with Gasteiger partial charge in [-0.3, -0.25) is 9.59 Å². The zero-order valence-electron chi connectivity index (χ0n) is 12.2. The summed E-state index contributed by atoms with van der Waals surface area (Å²) >= 11 is 0. The first-order valence-electron chi connectivity index (χ1n) is 6.77. The van der Waals surface area contributed by atoms with Crippen LogP contribution in [0.5, 0.6) is 0 Å². The van der Waals surface area contributed by atoms with Crippen molar-refractivity contribution in [1.82, 2.24) is 5.32 Å². The zero-order valence-corrected chi connectivity index (χ0v) is 12.2. The summed E-state index contributed by atoms with van der Waals surface area (Å²) in [6.45, 7) is 6.25. The van der Waals surface area contributed by atoms with Crippen LogP contribution in [0.1, 0.15) is 26.3 Å². The molecule has 0 bridgehead atoms. The van der Waals surface area contributed by atoms with Crippen LogP contribution in [-0.2, 0) is 20.7 Å². The lowest BCUT2D eigenvalue weighted by Crippen LogP contribution is -2.31. The van der Waals surface area contributed by atoms with E-state index in [2.05, 4.69) is 10.6 Å². The molecular formula is C15H22N2O3. The van der Waals surface area contributed by atoms with Gasteiger partial charge >= 0.3 is 0 Å². The molecule has 20 heavy (non-hydrogen) atoms. The number of benzene rings is 1. The molecule has 2 N–H and O–H groups in total. The highest BCUT2D eigenvalue weighted by Gasteiger charge is 2.06. The van der Waals surface area contributed by atoms with Crippen LogP contribution >= 0.6 is 0 Å². The second-order valence-corrected chi connectivity index (χ2v) is 4.78. The molecule has 110 valence electrons. The van der Waals surface area contributed by atoms with E-state index in [1.165, 1.54) is 0 Å². The number of anilines is 1. The quantitative estimate of drug-likeness (QED) is 0.798. The molecule has 0 saturated carbocycles. The van der Waals surface area contributed by atoms with Gasteiger partial charge in [-0.25, -0.2) is 0 Å². The first-order chi connectivity index (χ1) is 9.51. The number of hydrogen-bond acceptors (Lipinski definition) is 3. The Morgan fingerprint density at radius 1 is 1.15 bits per heavy atom. The Morgan fingerprint density at radius 3 is 2.35 bits per heavy atom. The van der Waals surface area contributed by atoms with Gasteiger partial charge in [-0.1, -0.05) is 12.1 Å². The summed E-state index contributed by atoms with van der Waals surface area (Å²) in [5.41, 5.74) is 1.61. The number of ether oxygens (including phenoxy) is 1. The van der Waals surface area contributed by atoms with Crippen LogP contribution in [-0.4, -0.2) is 31.1 Å². The van der Waals surface area contributed by atoms with Crippen LogP contribution in [0.25, 0.3) is 0 Å². The third-order valence-electron chi connectivity index (χ3n) is 2.49. The van der Waals surface area contributed by atoms with Gasteiger partial charge in [0.2, 0.25) is 11.8 Å². The van der Waals surface area contributed by atoms with Crippen molar-refractivity contribution < 1.29 is 14.3 Å². The summed E-state index contributed by atoms with van der Waals surface area (Å²) in [5.74, 6) is -0.190. The number of carbonyl (C=O) groups excluding carboxylic acids is 2. The second-order valence-electron chi connectivity index (χ2n) is 4.78. The zero-order chi connectivity index (χ0) is 15.0. The van der Waals surface area contributed by atoms with Gasteiger partial charge in [0.1, 0.15) is 6.61 Å². The maximum absolute atomic E-state index is 11.6. The van der Waals surface area contributed by atoms with Crippen LogP contribution in [0, 0.1) is 0 Å². The average Bonchev–Trinajstić information content (AvgIpc) is 2.37.